The summed E-state index contributed by atoms with van der Waals surface area (Å²) in [6, 6.07) is 0. The molecular formula is C10H19NO3. The van der Waals surface area contributed by atoms with Crippen molar-refractivity contribution < 1.29 is 14.7 Å². The number of carbonyl (C=O) groups is 2. The highest BCUT2D eigenvalue weighted by Gasteiger charge is 1.93. The van der Waals surface area contributed by atoms with Crippen LogP contribution in [0.1, 0.15) is 39.0 Å². The molecule has 1 amide bonds. The number of aliphatic carboxylic acids is 1. The summed E-state index contributed by atoms with van der Waals surface area (Å²) in [7, 11) is 0. The van der Waals surface area contributed by atoms with E-state index in [9.17, 15) is 9.59 Å². The SMILES string of the molecule is C=CC(N)=O.CCCCCCC(=O)O. The van der Waals surface area contributed by atoms with Gasteiger partial charge in [-0.05, 0) is 12.5 Å². The molecule has 0 aromatic heterocycles. The largest absolute Gasteiger partial charge is 0.481 e. The van der Waals surface area contributed by atoms with Crippen LogP contribution in [0.2, 0.25) is 0 Å². The normalized spacial score (nSPS) is 8.36. The number of carbonyl (C=O) groups excluding carboxylic acids is 1. The summed E-state index contributed by atoms with van der Waals surface area (Å²) in [4.78, 5) is 19.4. The number of carboxylic acids is 1. The molecule has 82 valence electrons. The Balaban J connectivity index is 0. The molecule has 0 radical (unpaired) electrons. The van der Waals surface area contributed by atoms with Gasteiger partial charge < -0.3 is 10.8 Å². The highest BCUT2D eigenvalue weighted by molar-refractivity contribution is 5.84. The zero-order chi connectivity index (χ0) is 11.4. The van der Waals surface area contributed by atoms with Crippen LogP contribution in [0.4, 0.5) is 0 Å². The van der Waals surface area contributed by atoms with Crippen LogP contribution in [0.15, 0.2) is 12.7 Å². The summed E-state index contributed by atoms with van der Waals surface area (Å²) >= 11 is 0. The first-order chi connectivity index (χ1) is 6.54. The zero-order valence-electron chi connectivity index (χ0n) is 8.66. The summed E-state index contributed by atoms with van der Waals surface area (Å²) < 4.78 is 0. The molecule has 0 bridgehead atoms. The van der Waals surface area contributed by atoms with Gasteiger partial charge in [-0.1, -0.05) is 32.8 Å². The highest BCUT2D eigenvalue weighted by atomic mass is 16.4. The standard InChI is InChI=1S/C7H14O2.C3H5NO/c1-2-3-4-5-6-7(8)9;1-2-3(4)5/h2-6H2,1H3,(H,8,9);2H,1H2,(H2,4,5). The van der Waals surface area contributed by atoms with E-state index in [1.165, 1.54) is 6.42 Å². The van der Waals surface area contributed by atoms with Gasteiger partial charge in [-0.3, -0.25) is 9.59 Å². The fourth-order valence-corrected chi connectivity index (χ4v) is 0.703. The van der Waals surface area contributed by atoms with Gasteiger partial charge >= 0.3 is 5.97 Å². The first kappa shape index (κ1) is 15.2. The van der Waals surface area contributed by atoms with Crippen LogP contribution in [-0.4, -0.2) is 17.0 Å². The maximum Gasteiger partial charge on any atom is 0.303 e. The topological polar surface area (TPSA) is 80.4 Å². The maximum absolute atomic E-state index is 9.96. The number of amides is 1. The Morgan fingerprint density at radius 2 is 1.86 bits per heavy atom. The summed E-state index contributed by atoms with van der Waals surface area (Å²) in [6.07, 6.45) is 5.61. The lowest BCUT2D eigenvalue weighted by molar-refractivity contribution is -0.137. The van der Waals surface area contributed by atoms with Gasteiger partial charge in [0.2, 0.25) is 5.91 Å². The molecule has 3 N–H and O–H groups in total. The Labute approximate surface area is 84.8 Å². The summed E-state index contributed by atoms with van der Waals surface area (Å²) in [5, 5.41) is 8.21. The third-order valence-corrected chi connectivity index (χ3v) is 1.45. The van der Waals surface area contributed by atoms with Crippen molar-refractivity contribution in [2.45, 2.75) is 39.0 Å². The van der Waals surface area contributed by atoms with Gasteiger partial charge in [-0.2, -0.15) is 0 Å². The fraction of sp³-hybridized carbons (Fsp3) is 0.600. The van der Waals surface area contributed by atoms with E-state index in [-0.39, 0.29) is 0 Å². The second-order valence-corrected chi connectivity index (χ2v) is 2.81. The van der Waals surface area contributed by atoms with Gasteiger partial charge in [-0.15, -0.1) is 0 Å². The minimum atomic E-state index is -0.675. The lowest BCUT2D eigenvalue weighted by atomic mass is 10.2. The smallest absolute Gasteiger partial charge is 0.303 e. The van der Waals surface area contributed by atoms with E-state index in [0.717, 1.165) is 25.3 Å². The molecule has 0 saturated heterocycles. The van der Waals surface area contributed by atoms with Crippen molar-refractivity contribution in [3.8, 4) is 0 Å². The number of hydrogen-bond donors (Lipinski definition) is 2. The minimum Gasteiger partial charge on any atom is -0.481 e. The van der Waals surface area contributed by atoms with E-state index in [1.54, 1.807) is 0 Å². The molecule has 0 aliphatic heterocycles. The minimum absolute atomic E-state index is 0.333. The van der Waals surface area contributed by atoms with Crippen LogP contribution in [0.25, 0.3) is 0 Å². The van der Waals surface area contributed by atoms with E-state index in [1.807, 2.05) is 0 Å². The monoisotopic (exact) mass is 201 g/mol. The lowest BCUT2D eigenvalue weighted by Crippen LogP contribution is -2.04. The van der Waals surface area contributed by atoms with Crippen LogP contribution >= 0.6 is 0 Å². The van der Waals surface area contributed by atoms with E-state index >= 15 is 0 Å². The zero-order valence-corrected chi connectivity index (χ0v) is 8.66. The van der Waals surface area contributed by atoms with Gasteiger partial charge in [-0.25, -0.2) is 0 Å². The molecule has 0 spiro atoms. The second kappa shape index (κ2) is 11.7. The number of unbranched alkanes of at least 4 members (excludes halogenated alkanes) is 3. The first-order valence-corrected chi connectivity index (χ1v) is 4.68. The average Bonchev–Trinajstić information content (AvgIpc) is 2.13. The van der Waals surface area contributed by atoms with Crippen molar-refractivity contribution in [1.82, 2.24) is 0 Å². The Morgan fingerprint density at radius 1 is 1.36 bits per heavy atom. The van der Waals surface area contributed by atoms with E-state index in [0.29, 0.717) is 6.42 Å². The Hall–Kier alpha value is -1.32. The van der Waals surface area contributed by atoms with Gasteiger partial charge in [0, 0.05) is 6.42 Å². The van der Waals surface area contributed by atoms with Crippen molar-refractivity contribution in [2.24, 2.45) is 5.73 Å². The number of carboxylic acid groups (broad SMARTS) is 1. The summed E-state index contributed by atoms with van der Waals surface area (Å²) in [6.45, 7) is 5.20. The Bertz CT molecular complexity index is 178. The predicted octanol–water partition coefficient (Wildman–Crippen LogP) is 1.70. The number of hydrogen-bond acceptors (Lipinski definition) is 2. The number of primary amides is 1. The van der Waals surface area contributed by atoms with Crippen molar-refractivity contribution in [3.63, 3.8) is 0 Å². The molecule has 4 heteroatoms. The van der Waals surface area contributed by atoms with E-state index in [4.69, 9.17) is 5.11 Å². The number of nitrogens with two attached hydrogens (primary N) is 1. The van der Waals surface area contributed by atoms with Crippen molar-refractivity contribution in [3.05, 3.63) is 12.7 Å². The summed E-state index contributed by atoms with van der Waals surface area (Å²) in [5.41, 5.74) is 4.53. The Morgan fingerprint density at radius 3 is 2.14 bits per heavy atom. The molecule has 0 aliphatic rings. The second-order valence-electron chi connectivity index (χ2n) is 2.81. The predicted molar refractivity (Wildman–Crippen MR) is 55.8 cm³/mol. The van der Waals surface area contributed by atoms with Gasteiger partial charge in [0.1, 0.15) is 0 Å². The molecule has 0 aromatic rings. The molecule has 4 nitrogen and oxygen atoms in total. The highest BCUT2D eigenvalue weighted by Crippen LogP contribution is 2.01. The van der Waals surface area contributed by atoms with E-state index in [2.05, 4.69) is 19.2 Å². The van der Waals surface area contributed by atoms with Crippen molar-refractivity contribution >= 4 is 11.9 Å². The first-order valence-electron chi connectivity index (χ1n) is 4.68. The average molecular weight is 201 g/mol. The Kier molecular flexibility index (Phi) is 12.7. The van der Waals surface area contributed by atoms with E-state index < -0.39 is 11.9 Å². The van der Waals surface area contributed by atoms with Crippen LogP contribution in [0.3, 0.4) is 0 Å². The van der Waals surface area contributed by atoms with Crippen molar-refractivity contribution in [2.75, 3.05) is 0 Å². The van der Waals surface area contributed by atoms with Gasteiger partial charge in [0.05, 0.1) is 0 Å². The number of rotatable bonds is 6. The third kappa shape index (κ3) is 22.4. The van der Waals surface area contributed by atoms with Crippen LogP contribution < -0.4 is 5.73 Å². The molecule has 0 heterocycles. The molecule has 0 saturated carbocycles. The molecule has 0 rings (SSSR count). The molecule has 0 aliphatic carbocycles. The van der Waals surface area contributed by atoms with Gasteiger partial charge in [0.15, 0.2) is 0 Å². The summed E-state index contributed by atoms with van der Waals surface area (Å²) in [5.74, 6) is -1.16. The molecular weight excluding hydrogens is 182 g/mol. The van der Waals surface area contributed by atoms with Gasteiger partial charge in [0.25, 0.3) is 0 Å². The third-order valence-electron chi connectivity index (χ3n) is 1.45. The molecule has 14 heavy (non-hydrogen) atoms. The lowest BCUT2D eigenvalue weighted by Gasteiger charge is -1.92. The van der Waals surface area contributed by atoms with Crippen LogP contribution in [0, 0.1) is 0 Å². The fourth-order valence-electron chi connectivity index (χ4n) is 0.703. The maximum atomic E-state index is 9.96. The molecule has 0 fully saturated rings. The van der Waals surface area contributed by atoms with Crippen LogP contribution in [0.5, 0.6) is 0 Å². The molecule has 0 atom stereocenters. The molecule has 0 unspecified atom stereocenters. The molecule has 0 aromatic carbocycles. The van der Waals surface area contributed by atoms with Crippen molar-refractivity contribution in [1.29, 1.82) is 0 Å². The quantitative estimate of drug-likeness (QED) is 0.507. The van der Waals surface area contributed by atoms with Crippen LogP contribution in [-0.2, 0) is 9.59 Å².